The zero-order chi connectivity index (χ0) is 18.6. The molecular formula is C18H29N3O3S. The Kier molecular flexibility index (Phi) is 6.46. The van der Waals surface area contributed by atoms with Gasteiger partial charge in [0.25, 0.3) is 0 Å². The van der Waals surface area contributed by atoms with Crippen molar-refractivity contribution in [3.63, 3.8) is 0 Å². The van der Waals surface area contributed by atoms with E-state index in [1.807, 2.05) is 32.8 Å². The van der Waals surface area contributed by atoms with E-state index >= 15 is 0 Å². The number of hydrogen-bond donors (Lipinski definition) is 1. The number of carbonyl (C=O) groups is 1. The lowest BCUT2D eigenvalue weighted by Gasteiger charge is -2.27. The maximum Gasteiger partial charge on any atom is 0.243 e. The van der Waals surface area contributed by atoms with E-state index in [1.165, 1.54) is 0 Å². The van der Waals surface area contributed by atoms with Crippen LogP contribution in [-0.2, 0) is 14.8 Å². The summed E-state index contributed by atoms with van der Waals surface area (Å²) in [6.07, 6.45) is 3.59. The first-order valence-corrected chi connectivity index (χ1v) is 10.3. The SMILES string of the molecule is CC[C@H](C)C(=O)Nc1cc(S(=O)(=O)N2CCCCC2)ccc1N(C)C. The van der Waals surface area contributed by atoms with Crippen molar-refractivity contribution in [1.29, 1.82) is 0 Å². The molecule has 1 aliphatic rings. The molecule has 1 amide bonds. The first-order chi connectivity index (χ1) is 11.8. The summed E-state index contributed by atoms with van der Waals surface area (Å²) < 4.78 is 27.3. The first-order valence-electron chi connectivity index (χ1n) is 8.89. The lowest BCUT2D eigenvalue weighted by molar-refractivity contribution is -0.119. The van der Waals surface area contributed by atoms with Gasteiger partial charge in [0, 0.05) is 33.1 Å². The molecule has 25 heavy (non-hydrogen) atoms. The molecule has 0 aliphatic carbocycles. The Hall–Kier alpha value is -1.60. The first kappa shape index (κ1) is 19.7. The fourth-order valence-electron chi connectivity index (χ4n) is 2.86. The molecule has 1 saturated heterocycles. The van der Waals surface area contributed by atoms with Crippen LogP contribution in [0, 0.1) is 5.92 Å². The highest BCUT2D eigenvalue weighted by Gasteiger charge is 2.27. The Morgan fingerprint density at radius 3 is 2.44 bits per heavy atom. The second-order valence-corrected chi connectivity index (χ2v) is 8.77. The Balaban J connectivity index is 2.37. The van der Waals surface area contributed by atoms with Gasteiger partial charge < -0.3 is 10.2 Å². The zero-order valence-electron chi connectivity index (χ0n) is 15.6. The van der Waals surface area contributed by atoms with Crippen LogP contribution in [0.5, 0.6) is 0 Å². The number of hydrogen-bond acceptors (Lipinski definition) is 4. The number of nitrogens with one attached hydrogen (secondary N) is 1. The average Bonchev–Trinajstić information content (AvgIpc) is 2.61. The summed E-state index contributed by atoms with van der Waals surface area (Å²) in [4.78, 5) is 14.4. The fourth-order valence-corrected chi connectivity index (χ4v) is 4.41. The van der Waals surface area contributed by atoms with E-state index in [9.17, 15) is 13.2 Å². The number of nitrogens with zero attached hydrogens (tertiary/aromatic N) is 2. The van der Waals surface area contributed by atoms with Crippen LogP contribution in [0.3, 0.4) is 0 Å². The van der Waals surface area contributed by atoms with Gasteiger partial charge in [0.05, 0.1) is 16.3 Å². The van der Waals surface area contributed by atoms with Crippen LogP contribution in [0.1, 0.15) is 39.5 Å². The van der Waals surface area contributed by atoms with Crippen LogP contribution in [0.25, 0.3) is 0 Å². The lowest BCUT2D eigenvalue weighted by atomic mass is 10.1. The number of benzene rings is 1. The van der Waals surface area contributed by atoms with Crippen LogP contribution >= 0.6 is 0 Å². The number of piperidine rings is 1. The minimum Gasteiger partial charge on any atom is -0.376 e. The maximum atomic E-state index is 12.9. The smallest absolute Gasteiger partial charge is 0.243 e. The Labute approximate surface area is 151 Å². The van der Waals surface area contributed by atoms with Gasteiger partial charge in [-0.1, -0.05) is 20.3 Å². The third-order valence-electron chi connectivity index (χ3n) is 4.72. The van der Waals surface area contributed by atoms with E-state index in [0.29, 0.717) is 18.8 Å². The molecule has 1 aliphatic heterocycles. The predicted molar refractivity (Wildman–Crippen MR) is 101 cm³/mol. The molecule has 6 nitrogen and oxygen atoms in total. The zero-order valence-corrected chi connectivity index (χ0v) is 16.4. The predicted octanol–water partition coefficient (Wildman–Crippen LogP) is 2.91. The van der Waals surface area contributed by atoms with Crippen molar-refractivity contribution >= 4 is 27.3 Å². The van der Waals surface area contributed by atoms with Gasteiger partial charge in [-0.05, 0) is 37.5 Å². The standard InChI is InChI=1S/C18H29N3O3S/c1-5-14(2)18(22)19-16-13-15(9-10-17(16)20(3)4)25(23,24)21-11-7-6-8-12-21/h9-10,13-14H,5-8,11-12H2,1-4H3,(H,19,22)/t14-/m0/s1. The van der Waals surface area contributed by atoms with Gasteiger partial charge in [-0.3, -0.25) is 4.79 Å². The number of carbonyl (C=O) groups excluding carboxylic acids is 1. The fraction of sp³-hybridized carbons (Fsp3) is 0.611. The molecule has 7 heteroatoms. The highest BCUT2D eigenvalue weighted by molar-refractivity contribution is 7.89. The van der Waals surface area contributed by atoms with E-state index in [4.69, 9.17) is 0 Å². The highest BCUT2D eigenvalue weighted by Crippen LogP contribution is 2.30. The molecule has 0 aromatic heterocycles. The van der Waals surface area contributed by atoms with E-state index in [2.05, 4.69) is 5.32 Å². The highest BCUT2D eigenvalue weighted by atomic mass is 32.2. The molecule has 0 saturated carbocycles. The summed E-state index contributed by atoms with van der Waals surface area (Å²) in [6, 6.07) is 4.96. The quantitative estimate of drug-likeness (QED) is 0.839. The monoisotopic (exact) mass is 367 g/mol. The van der Waals surface area contributed by atoms with Gasteiger partial charge in [-0.25, -0.2) is 8.42 Å². The largest absolute Gasteiger partial charge is 0.376 e. The number of amides is 1. The van der Waals surface area contributed by atoms with Crippen LogP contribution in [0.4, 0.5) is 11.4 Å². The molecular weight excluding hydrogens is 338 g/mol. The molecule has 1 N–H and O–H groups in total. The maximum absolute atomic E-state index is 12.9. The van der Waals surface area contributed by atoms with Crippen molar-refractivity contribution in [1.82, 2.24) is 4.31 Å². The molecule has 0 radical (unpaired) electrons. The van der Waals surface area contributed by atoms with Crippen LogP contribution < -0.4 is 10.2 Å². The van der Waals surface area contributed by atoms with Gasteiger partial charge in [0.2, 0.25) is 15.9 Å². The van der Waals surface area contributed by atoms with E-state index < -0.39 is 10.0 Å². The lowest BCUT2D eigenvalue weighted by Crippen LogP contribution is -2.35. The minimum atomic E-state index is -3.53. The third kappa shape index (κ3) is 4.52. The van der Waals surface area contributed by atoms with Gasteiger partial charge in [0.1, 0.15) is 0 Å². The van der Waals surface area contributed by atoms with Crippen molar-refractivity contribution < 1.29 is 13.2 Å². The van der Waals surface area contributed by atoms with Crippen molar-refractivity contribution in [2.45, 2.75) is 44.4 Å². The van der Waals surface area contributed by atoms with Crippen molar-refractivity contribution in [3.05, 3.63) is 18.2 Å². The molecule has 1 atom stereocenters. The van der Waals surface area contributed by atoms with Gasteiger partial charge in [-0.15, -0.1) is 0 Å². The molecule has 1 heterocycles. The molecule has 140 valence electrons. The Morgan fingerprint density at radius 2 is 1.88 bits per heavy atom. The Bertz CT molecular complexity index is 710. The van der Waals surface area contributed by atoms with Gasteiger partial charge in [-0.2, -0.15) is 4.31 Å². The van der Waals surface area contributed by atoms with Crippen molar-refractivity contribution in [2.75, 3.05) is 37.4 Å². The number of anilines is 2. The summed E-state index contributed by atoms with van der Waals surface area (Å²) in [6.45, 7) is 4.94. The van der Waals surface area contributed by atoms with Crippen LogP contribution in [0.15, 0.2) is 23.1 Å². The number of rotatable bonds is 6. The molecule has 1 aromatic rings. The molecule has 0 unspecified atom stereocenters. The summed E-state index contributed by atoms with van der Waals surface area (Å²) in [7, 11) is 0.211. The molecule has 1 fully saturated rings. The van der Waals surface area contributed by atoms with Gasteiger partial charge in [0.15, 0.2) is 0 Å². The summed E-state index contributed by atoms with van der Waals surface area (Å²) in [5, 5.41) is 2.89. The van der Waals surface area contributed by atoms with E-state index in [0.717, 1.165) is 31.4 Å². The minimum absolute atomic E-state index is 0.0990. The van der Waals surface area contributed by atoms with Crippen molar-refractivity contribution in [3.8, 4) is 0 Å². The molecule has 2 rings (SSSR count). The summed E-state index contributed by atoms with van der Waals surface area (Å²) in [5.41, 5.74) is 1.32. The van der Waals surface area contributed by atoms with E-state index in [1.54, 1.807) is 22.5 Å². The van der Waals surface area contributed by atoms with Crippen molar-refractivity contribution in [2.24, 2.45) is 5.92 Å². The number of sulfonamides is 1. The summed E-state index contributed by atoms with van der Waals surface area (Å²) in [5.74, 6) is -0.226. The van der Waals surface area contributed by atoms with Crippen LogP contribution in [0.2, 0.25) is 0 Å². The average molecular weight is 368 g/mol. The second-order valence-electron chi connectivity index (χ2n) is 6.84. The second kappa shape index (κ2) is 8.19. The van der Waals surface area contributed by atoms with Crippen LogP contribution in [-0.4, -0.2) is 45.8 Å². The normalized spacial score (nSPS) is 17.1. The Morgan fingerprint density at radius 1 is 1.24 bits per heavy atom. The molecule has 1 aromatic carbocycles. The topological polar surface area (TPSA) is 69.7 Å². The molecule has 0 spiro atoms. The third-order valence-corrected chi connectivity index (χ3v) is 6.62. The molecule has 0 bridgehead atoms. The van der Waals surface area contributed by atoms with Gasteiger partial charge >= 0.3 is 0 Å². The summed E-state index contributed by atoms with van der Waals surface area (Å²) >= 11 is 0. The van der Waals surface area contributed by atoms with E-state index in [-0.39, 0.29) is 16.7 Å².